The maximum absolute atomic E-state index is 5.56. The van der Waals surface area contributed by atoms with Gasteiger partial charge in [0.15, 0.2) is 5.82 Å². The molecule has 1 unspecified atom stereocenters. The second-order valence-electron chi connectivity index (χ2n) is 4.57. The minimum absolute atomic E-state index is 0.418. The van der Waals surface area contributed by atoms with E-state index in [1.165, 1.54) is 25.7 Å². The molecule has 0 aliphatic heterocycles. The average Bonchev–Trinajstić information content (AvgIpc) is 2.85. The standard InChI is InChI=1S/C11H19N3O/c1-8(7-12)6-10-13-11(14-15-10)9-4-2-3-5-9/h8-9H,2-7,12H2,1H3. The highest BCUT2D eigenvalue weighted by molar-refractivity contribution is 4.98. The molecule has 0 saturated heterocycles. The van der Waals surface area contributed by atoms with Gasteiger partial charge in [0, 0.05) is 12.3 Å². The lowest BCUT2D eigenvalue weighted by molar-refractivity contribution is 0.353. The fraction of sp³-hybridized carbons (Fsp3) is 0.818. The summed E-state index contributed by atoms with van der Waals surface area (Å²) in [6, 6.07) is 0. The van der Waals surface area contributed by atoms with E-state index < -0.39 is 0 Å². The predicted octanol–water partition coefficient (Wildman–Crippen LogP) is 1.86. The maximum Gasteiger partial charge on any atom is 0.226 e. The minimum Gasteiger partial charge on any atom is -0.339 e. The summed E-state index contributed by atoms with van der Waals surface area (Å²) in [6.45, 7) is 2.76. The lowest BCUT2D eigenvalue weighted by Crippen LogP contribution is -2.13. The van der Waals surface area contributed by atoms with Gasteiger partial charge in [0.2, 0.25) is 5.89 Å². The lowest BCUT2D eigenvalue weighted by atomic mass is 10.1. The van der Waals surface area contributed by atoms with Crippen LogP contribution in [-0.4, -0.2) is 16.7 Å². The highest BCUT2D eigenvalue weighted by atomic mass is 16.5. The van der Waals surface area contributed by atoms with Gasteiger partial charge < -0.3 is 10.3 Å². The second-order valence-corrected chi connectivity index (χ2v) is 4.57. The van der Waals surface area contributed by atoms with Crippen LogP contribution in [0.25, 0.3) is 0 Å². The molecule has 0 radical (unpaired) electrons. The normalized spacial score (nSPS) is 19.6. The number of hydrogen-bond donors (Lipinski definition) is 1. The number of hydrogen-bond acceptors (Lipinski definition) is 4. The number of rotatable bonds is 4. The number of aromatic nitrogens is 2. The molecule has 15 heavy (non-hydrogen) atoms. The topological polar surface area (TPSA) is 64.9 Å². The fourth-order valence-corrected chi connectivity index (χ4v) is 2.08. The Hall–Kier alpha value is -0.900. The molecule has 1 aliphatic rings. The van der Waals surface area contributed by atoms with Crippen LogP contribution < -0.4 is 5.73 Å². The van der Waals surface area contributed by atoms with Gasteiger partial charge in [-0.05, 0) is 25.3 Å². The average molecular weight is 209 g/mol. The summed E-state index contributed by atoms with van der Waals surface area (Å²) in [6.07, 6.45) is 5.83. The van der Waals surface area contributed by atoms with E-state index in [9.17, 15) is 0 Å². The molecule has 4 heteroatoms. The molecular formula is C11H19N3O. The molecule has 1 aromatic rings. The van der Waals surface area contributed by atoms with E-state index in [4.69, 9.17) is 10.3 Å². The van der Waals surface area contributed by atoms with Crippen molar-refractivity contribution in [3.05, 3.63) is 11.7 Å². The third-order valence-corrected chi connectivity index (χ3v) is 3.13. The van der Waals surface area contributed by atoms with E-state index >= 15 is 0 Å². The van der Waals surface area contributed by atoms with Crippen LogP contribution in [0.2, 0.25) is 0 Å². The quantitative estimate of drug-likeness (QED) is 0.822. The van der Waals surface area contributed by atoms with Crippen molar-refractivity contribution in [3.63, 3.8) is 0 Å². The molecule has 1 aliphatic carbocycles. The van der Waals surface area contributed by atoms with Crippen molar-refractivity contribution < 1.29 is 4.52 Å². The van der Waals surface area contributed by atoms with E-state index in [0.717, 1.165) is 18.1 Å². The third-order valence-electron chi connectivity index (χ3n) is 3.13. The Labute approximate surface area is 90.2 Å². The number of nitrogens with zero attached hydrogens (tertiary/aromatic N) is 2. The predicted molar refractivity (Wildman–Crippen MR) is 57.4 cm³/mol. The van der Waals surface area contributed by atoms with Gasteiger partial charge in [-0.3, -0.25) is 0 Å². The Morgan fingerprint density at radius 3 is 2.87 bits per heavy atom. The molecule has 1 saturated carbocycles. The van der Waals surface area contributed by atoms with Gasteiger partial charge in [0.1, 0.15) is 0 Å². The number of nitrogens with two attached hydrogens (primary N) is 1. The van der Waals surface area contributed by atoms with Crippen molar-refractivity contribution in [2.75, 3.05) is 6.54 Å². The Balaban J connectivity index is 1.97. The molecule has 84 valence electrons. The van der Waals surface area contributed by atoms with Crippen LogP contribution in [0.15, 0.2) is 4.52 Å². The first kappa shape index (κ1) is 10.6. The van der Waals surface area contributed by atoms with Crippen LogP contribution in [0.3, 0.4) is 0 Å². The Kier molecular flexibility index (Phi) is 3.36. The Bertz CT molecular complexity index is 305. The summed E-state index contributed by atoms with van der Waals surface area (Å²) in [5.74, 6) is 2.61. The monoisotopic (exact) mass is 209 g/mol. The van der Waals surface area contributed by atoms with Gasteiger partial charge in [-0.15, -0.1) is 0 Å². The van der Waals surface area contributed by atoms with Crippen molar-refractivity contribution >= 4 is 0 Å². The van der Waals surface area contributed by atoms with Crippen LogP contribution in [0.4, 0.5) is 0 Å². The van der Waals surface area contributed by atoms with E-state index in [2.05, 4.69) is 17.1 Å². The first-order valence-electron chi connectivity index (χ1n) is 5.82. The first-order valence-corrected chi connectivity index (χ1v) is 5.82. The zero-order valence-corrected chi connectivity index (χ0v) is 9.28. The van der Waals surface area contributed by atoms with Crippen molar-refractivity contribution in [3.8, 4) is 0 Å². The molecule has 0 amide bonds. The van der Waals surface area contributed by atoms with Gasteiger partial charge in [-0.2, -0.15) is 4.98 Å². The Morgan fingerprint density at radius 1 is 1.47 bits per heavy atom. The van der Waals surface area contributed by atoms with E-state index in [-0.39, 0.29) is 0 Å². The van der Waals surface area contributed by atoms with E-state index in [0.29, 0.717) is 18.4 Å². The first-order chi connectivity index (χ1) is 7.29. The van der Waals surface area contributed by atoms with Gasteiger partial charge in [0.05, 0.1) is 0 Å². The molecule has 1 atom stereocenters. The molecule has 0 bridgehead atoms. The third kappa shape index (κ3) is 2.56. The zero-order valence-electron chi connectivity index (χ0n) is 9.28. The largest absolute Gasteiger partial charge is 0.339 e. The Morgan fingerprint density at radius 2 is 2.20 bits per heavy atom. The summed E-state index contributed by atoms with van der Waals surface area (Å²) in [5, 5.41) is 4.06. The molecule has 2 N–H and O–H groups in total. The maximum atomic E-state index is 5.56. The molecule has 1 fully saturated rings. The van der Waals surface area contributed by atoms with Crippen LogP contribution in [0.5, 0.6) is 0 Å². The molecule has 2 rings (SSSR count). The van der Waals surface area contributed by atoms with Gasteiger partial charge in [0.25, 0.3) is 0 Å². The lowest BCUT2D eigenvalue weighted by Gasteiger charge is -2.02. The highest BCUT2D eigenvalue weighted by Gasteiger charge is 2.22. The summed E-state index contributed by atoms with van der Waals surface area (Å²) in [4.78, 5) is 4.45. The summed E-state index contributed by atoms with van der Waals surface area (Å²) in [7, 11) is 0. The van der Waals surface area contributed by atoms with Crippen LogP contribution in [-0.2, 0) is 6.42 Å². The van der Waals surface area contributed by atoms with Crippen LogP contribution in [0.1, 0.15) is 50.2 Å². The van der Waals surface area contributed by atoms with Crippen molar-refractivity contribution in [1.29, 1.82) is 0 Å². The van der Waals surface area contributed by atoms with Crippen molar-refractivity contribution in [2.24, 2.45) is 11.7 Å². The minimum atomic E-state index is 0.418. The molecule has 1 heterocycles. The molecule has 0 spiro atoms. The van der Waals surface area contributed by atoms with Gasteiger partial charge in [-0.1, -0.05) is 24.9 Å². The van der Waals surface area contributed by atoms with E-state index in [1.54, 1.807) is 0 Å². The van der Waals surface area contributed by atoms with Crippen LogP contribution >= 0.6 is 0 Å². The molecule has 1 aromatic heterocycles. The van der Waals surface area contributed by atoms with Crippen LogP contribution in [0, 0.1) is 5.92 Å². The summed E-state index contributed by atoms with van der Waals surface area (Å²) in [5.41, 5.74) is 5.56. The summed E-state index contributed by atoms with van der Waals surface area (Å²) >= 11 is 0. The zero-order chi connectivity index (χ0) is 10.7. The van der Waals surface area contributed by atoms with Crippen molar-refractivity contribution in [2.45, 2.75) is 44.9 Å². The molecule has 4 nitrogen and oxygen atoms in total. The fourth-order valence-electron chi connectivity index (χ4n) is 2.08. The van der Waals surface area contributed by atoms with Gasteiger partial charge in [-0.25, -0.2) is 0 Å². The molecule has 0 aromatic carbocycles. The van der Waals surface area contributed by atoms with E-state index in [1.807, 2.05) is 0 Å². The highest BCUT2D eigenvalue weighted by Crippen LogP contribution is 2.32. The molecular weight excluding hydrogens is 190 g/mol. The van der Waals surface area contributed by atoms with Crippen molar-refractivity contribution in [1.82, 2.24) is 10.1 Å². The SMILES string of the molecule is CC(CN)Cc1nc(C2CCCC2)no1. The smallest absolute Gasteiger partial charge is 0.226 e. The van der Waals surface area contributed by atoms with Gasteiger partial charge >= 0.3 is 0 Å². The summed E-state index contributed by atoms with van der Waals surface area (Å²) < 4.78 is 5.23. The second kappa shape index (κ2) is 4.75.